The molecular weight excluding hydrogens is 202 g/mol. The van der Waals surface area contributed by atoms with Crippen LogP contribution in [0.4, 0.5) is 0 Å². The van der Waals surface area contributed by atoms with E-state index < -0.39 is 0 Å². The largest absolute Gasteiger partial charge is 0.300 e. The second kappa shape index (κ2) is 5.25. The molecule has 0 amide bonds. The van der Waals surface area contributed by atoms with Crippen LogP contribution in [0.25, 0.3) is 0 Å². The molecule has 0 N–H and O–H groups in total. The minimum absolute atomic E-state index is 0.0547. The first-order chi connectivity index (χ1) is 7.52. The van der Waals surface area contributed by atoms with Gasteiger partial charge >= 0.3 is 0 Å². The van der Waals surface area contributed by atoms with Gasteiger partial charge in [0.15, 0.2) is 0 Å². The molecule has 0 heterocycles. The summed E-state index contributed by atoms with van der Waals surface area (Å²) in [6, 6.07) is 2.20. The van der Waals surface area contributed by atoms with E-state index in [2.05, 4.69) is 6.07 Å². The second-order valence-electron chi connectivity index (χ2n) is 4.95. The summed E-state index contributed by atoms with van der Waals surface area (Å²) in [5.74, 6) is 0.439. The molecule has 1 aliphatic carbocycles. The number of ketones is 2. The van der Waals surface area contributed by atoms with E-state index >= 15 is 0 Å². The van der Waals surface area contributed by atoms with Crippen LogP contribution in [0.1, 0.15) is 52.4 Å². The molecular formula is C13H19NO2. The lowest BCUT2D eigenvalue weighted by Crippen LogP contribution is -2.43. The number of nitrogens with zero attached hydrogens (tertiary/aromatic N) is 1. The van der Waals surface area contributed by atoms with E-state index in [0.29, 0.717) is 12.8 Å². The third-order valence-corrected chi connectivity index (χ3v) is 3.80. The molecule has 0 aliphatic heterocycles. The lowest BCUT2D eigenvalue weighted by Gasteiger charge is -2.47. The first kappa shape index (κ1) is 12.9. The maximum absolute atomic E-state index is 11.4. The van der Waals surface area contributed by atoms with E-state index in [9.17, 15) is 9.59 Å². The van der Waals surface area contributed by atoms with Crippen molar-refractivity contribution in [3.05, 3.63) is 0 Å². The van der Waals surface area contributed by atoms with Gasteiger partial charge in [-0.1, -0.05) is 0 Å². The quantitative estimate of drug-likeness (QED) is 0.692. The molecule has 16 heavy (non-hydrogen) atoms. The molecule has 1 aliphatic rings. The molecule has 0 unspecified atom stereocenters. The summed E-state index contributed by atoms with van der Waals surface area (Å²) in [6.07, 6.45) is 4.54. The summed E-state index contributed by atoms with van der Waals surface area (Å²) in [6.45, 7) is 3.20. The van der Waals surface area contributed by atoms with Gasteiger partial charge in [0.05, 0.1) is 6.07 Å². The van der Waals surface area contributed by atoms with Crippen molar-refractivity contribution in [2.24, 2.45) is 11.3 Å². The summed E-state index contributed by atoms with van der Waals surface area (Å²) in [5.41, 5.74) is -0.115. The summed E-state index contributed by atoms with van der Waals surface area (Å²) < 4.78 is 0. The van der Waals surface area contributed by atoms with Gasteiger partial charge in [0.1, 0.15) is 11.6 Å². The molecule has 0 radical (unpaired) electrons. The van der Waals surface area contributed by atoms with Crippen LogP contribution < -0.4 is 0 Å². The number of hydrogen-bond donors (Lipinski definition) is 0. The van der Waals surface area contributed by atoms with Gasteiger partial charge < -0.3 is 4.79 Å². The van der Waals surface area contributed by atoms with E-state index in [1.165, 1.54) is 0 Å². The third-order valence-electron chi connectivity index (χ3n) is 3.80. The molecule has 0 saturated heterocycles. The SMILES string of the molecule is CC(=O)CCC[C@@]1(CC#N)CC[C@H]1C(C)=O. The minimum atomic E-state index is -0.115. The molecule has 2 atom stereocenters. The Balaban J connectivity index is 2.57. The van der Waals surface area contributed by atoms with E-state index in [1.807, 2.05) is 0 Å². The summed E-state index contributed by atoms with van der Waals surface area (Å²) in [7, 11) is 0. The topological polar surface area (TPSA) is 57.9 Å². The average molecular weight is 221 g/mol. The van der Waals surface area contributed by atoms with Gasteiger partial charge in [0, 0.05) is 18.8 Å². The maximum atomic E-state index is 11.4. The average Bonchev–Trinajstić information content (AvgIpc) is 2.13. The van der Waals surface area contributed by atoms with Crippen molar-refractivity contribution < 1.29 is 9.59 Å². The highest BCUT2D eigenvalue weighted by Gasteiger charge is 2.48. The van der Waals surface area contributed by atoms with Crippen LogP contribution in [0.3, 0.4) is 0 Å². The van der Waals surface area contributed by atoms with Gasteiger partial charge in [-0.05, 0) is 44.9 Å². The first-order valence-electron chi connectivity index (χ1n) is 5.89. The monoisotopic (exact) mass is 221 g/mol. The van der Waals surface area contributed by atoms with E-state index in [4.69, 9.17) is 5.26 Å². The number of carbonyl (C=O) groups is 2. The zero-order valence-electron chi connectivity index (χ0n) is 10.1. The number of rotatable bonds is 6. The highest BCUT2D eigenvalue weighted by Crippen LogP contribution is 2.53. The summed E-state index contributed by atoms with van der Waals surface area (Å²) in [4.78, 5) is 22.3. The van der Waals surface area contributed by atoms with Crippen LogP contribution >= 0.6 is 0 Å². The Morgan fingerprint density at radius 3 is 2.50 bits per heavy atom. The second-order valence-corrected chi connectivity index (χ2v) is 4.95. The van der Waals surface area contributed by atoms with Gasteiger partial charge in [-0.25, -0.2) is 0 Å². The van der Waals surface area contributed by atoms with Crippen molar-refractivity contribution in [2.75, 3.05) is 0 Å². The highest BCUT2D eigenvalue weighted by molar-refractivity contribution is 5.80. The fraction of sp³-hybridized carbons (Fsp3) is 0.769. The first-order valence-corrected chi connectivity index (χ1v) is 5.89. The molecule has 0 aromatic rings. The minimum Gasteiger partial charge on any atom is -0.300 e. The molecule has 3 nitrogen and oxygen atoms in total. The Labute approximate surface area is 96.8 Å². The smallest absolute Gasteiger partial charge is 0.133 e. The fourth-order valence-corrected chi connectivity index (χ4v) is 2.78. The molecule has 0 aromatic carbocycles. The molecule has 88 valence electrons. The van der Waals surface area contributed by atoms with Crippen molar-refractivity contribution in [1.29, 1.82) is 5.26 Å². The Hall–Kier alpha value is -1.17. The molecule has 0 bridgehead atoms. The van der Waals surface area contributed by atoms with Crippen molar-refractivity contribution in [2.45, 2.75) is 52.4 Å². The standard InChI is InChI=1S/C13H19NO2/c1-10(15)4-3-6-13(8-9-14)7-5-12(13)11(2)16/h12H,3-8H2,1-2H3/t12-,13-/m0/s1. The zero-order valence-corrected chi connectivity index (χ0v) is 10.1. The van der Waals surface area contributed by atoms with Gasteiger partial charge in [0.25, 0.3) is 0 Å². The third kappa shape index (κ3) is 2.69. The van der Waals surface area contributed by atoms with Gasteiger partial charge in [-0.2, -0.15) is 5.26 Å². The fourth-order valence-electron chi connectivity index (χ4n) is 2.78. The zero-order chi connectivity index (χ0) is 12.2. The molecule has 1 rings (SSSR count). The normalized spacial score (nSPS) is 27.9. The van der Waals surface area contributed by atoms with Gasteiger partial charge in [0.2, 0.25) is 0 Å². The highest BCUT2D eigenvalue weighted by atomic mass is 16.1. The van der Waals surface area contributed by atoms with Gasteiger partial charge in [-0.15, -0.1) is 0 Å². The molecule has 3 heteroatoms. The van der Waals surface area contributed by atoms with Crippen molar-refractivity contribution in [1.82, 2.24) is 0 Å². The number of Topliss-reactive ketones (excluding diaryl/α,β-unsaturated/α-hetero) is 2. The van der Waals surface area contributed by atoms with Crippen LogP contribution in [-0.2, 0) is 9.59 Å². The Bertz CT molecular complexity index is 329. The molecule has 1 fully saturated rings. The van der Waals surface area contributed by atoms with Crippen LogP contribution in [0.15, 0.2) is 0 Å². The molecule has 0 aromatic heterocycles. The predicted molar refractivity (Wildman–Crippen MR) is 60.6 cm³/mol. The Morgan fingerprint density at radius 2 is 2.12 bits per heavy atom. The van der Waals surface area contributed by atoms with Gasteiger partial charge in [-0.3, -0.25) is 4.79 Å². The van der Waals surface area contributed by atoms with E-state index in [1.54, 1.807) is 13.8 Å². The number of hydrogen-bond acceptors (Lipinski definition) is 3. The Kier molecular flexibility index (Phi) is 4.23. The lowest BCUT2D eigenvalue weighted by atomic mass is 9.55. The maximum Gasteiger partial charge on any atom is 0.133 e. The molecule has 0 spiro atoms. The Morgan fingerprint density at radius 1 is 1.44 bits per heavy atom. The van der Waals surface area contributed by atoms with Crippen LogP contribution in [0.2, 0.25) is 0 Å². The number of nitriles is 1. The van der Waals surface area contributed by atoms with E-state index in [-0.39, 0.29) is 22.9 Å². The lowest BCUT2D eigenvalue weighted by molar-refractivity contribution is -0.132. The van der Waals surface area contributed by atoms with Crippen LogP contribution in [0, 0.1) is 22.7 Å². The summed E-state index contributed by atoms with van der Waals surface area (Å²) >= 11 is 0. The van der Waals surface area contributed by atoms with Crippen LogP contribution in [0.5, 0.6) is 0 Å². The summed E-state index contributed by atoms with van der Waals surface area (Å²) in [5, 5.41) is 8.85. The van der Waals surface area contributed by atoms with Crippen molar-refractivity contribution in [3.8, 4) is 6.07 Å². The van der Waals surface area contributed by atoms with Crippen molar-refractivity contribution >= 4 is 11.6 Å². The molecule has 1 saturated carbocycles. The predicted octanol–water partition coefficient (Wildman–Crippen LogP) is 2.64. The van der Waals surface area contributed by atoms with E-state index in [0.717, 1.165) is 25.7 Å². The van der Waals surface area contributed by atoms with Crippen LogP contribution in [-0.4, -0.2) is 11.6 Å². The van der Waals surface area contributed by atoms with Crippen molar-refractivity contribution in [3.63, 3.8) is 0 Å². The number of carbonyl (C=O) groups excluding carboxylic acids is 2.